The Morgan fingerprint density at radius 3 is 1.00 bits per heavy atom. The van der Waals surface area contributed by atoms with Crippen LogP contribution in [0.25, 0.3) is 43.6 Å². The van der Waals surface area contributed by atoms with Gasteiger partial charge >= 0.3 is 0 Å². The molecule has 0 saturated carbocycles. The Kier molecular flexibility index (Phi) is 27.2. The molecule has 14 aromatic rings. The molecule has 116 heavy (non-hydrogen) atoms. The molecule has 0 bridgehead atoms. The number of aryl methyl sites for hydroxylation is 9. The number of aliphatic hydroxyl groups excluding tert-OH is 1. The highest BCUT2D eigenvalue weighted by molar-refractivity contribution is 7.93. The molecule has 0 aliphatic carbocycles. The molecule has 14 rings (SSSR count). The number of aromatic hydroxyl groups is 2. The van der Waals surface area contributed by atoms with Crippen molar-refractivity contribution in [2.45, 2.75) is 98.8 Å². The molecule has 0 amide bonds. The molecule has 0 fully saturated rings. The van der Waals surface area contributed by atoms with Crippen LogP contribution in [0.15, 0.2) is 280 Å². The minimum atomic E-state index is -3.80. The van der Waals surface area contributed by atoms with Crippen LogP contribution in [0.4, 0.5) is 28.4 Å². The summed E-state index contributed by atoms with van der Waals surface area (Å²) in [4.78, 5) is 29.5. The normalized spacial score (nSPS) is 11.7. The summed E-state index contributed by atoms with van der Waals surface area (Å²) < 4.78 is 137. The second kappa shape index (κ2) is 37.3. The van der Waals surface area contributed by atoms with Crippen LogP contribution in [0, 0.1) is 37.8 Å². The Hall–Kier alpha value is -12.3. The lowest BCUT2D eigenvalue weighted by molar-refractivity contribution is -0.384. The summed E-state index contributed by atoms with van der Waals surface area (Å²) in [6.45, 7) is 7.78. The van der Waals surface area contributed by atoms with Crippen LogP contribution in [0.1, 0.15) is 69.0 Å². The van der Waals surface area contributed by atoms with Gasteiger partial charge in [0.05, 0.1) is 87.9 Å². The van der Waals surface area contributed by atoms with Crippen molar-refractivity contribution in [3.8, 4) is 11.5 Å². The van der Waals surface area contributed by atoms with Crippen LogP contribution in [0.5, 0.6) is 11.5 Å². The second-order valence-electron chi connectivity index (χ2n) is 27.4. The standard InChI is InChI=1S/C24H21N3O5S.C24H22N2O3S.C21H25N3O4S2.C17H16N2O3S/c1-16-5-12-21(13-6-16)33(31,32)26-22-4-2-3-17-7-9-19(25-24(17)22)10-8-18-15-20(27(29)30)11-14-23(18)28;1-17-9-15-21(16-10-17)30(28,29)26-22-7-4-6-19-12-14-20(25-24(19)22)13-11-18-5-2-3-8-23(18)27;1-16-9-13-19(14-10-16)30(27,28)24-20-8-5-6-17-11-12-18(23-21(17)20)7-3-4-15-22-29(2,25)26;1-12-5-9-15(10-6-12)23(21,22)19-16-4-2-3-13-7-8-14(11-20)18-17(13)16/h2-7,9,11-15,26,28H,8,10H2,1H3;2-10,12,14-16,26-27H,11,13H2,1H3;5-6,8-14,22,24H,3-4,7,15H2,1-2H3;2-10,19-20H,11H2,1H3. The number of aromatic nitrogens is 4. The summed E-state index contributed by atoms with van der Waals surface area (Å²) in [5.41, 5.74) is 11.7. The zero-order valence-corrected chi connectivity index (χ0v) is 67.8. The first-order valence-corrected chi connectivity index (χ1v) is 44.3. The van der Waals surface area contributed by atoms with E-state index in [9.17, 15) is 67.5 Å². The molecule has 4 aromatic heterocycles. The van der Waals surface area contributed by atoms with Crippen molar-refractivity contribution in [3.63, 3.8) is 0 Å². The summed E-state index contributed by atoms with van der Waals surface area (Å²) in [6.07, 6.45) is 5.27. The van der Waals surface area contributed by atoms with Crippen molar-refractivity contribution < 1.29 is 62.3 Å². The summed E-state index contributed by atoms with van der Waals surface area (Å²) in [6, 6.07) is 73.8. The van der Waals surface area contributed by atoms with E-state index in [2.05, 4.69) is 38.6 Å². The van der Waals surface area contributed by atoms with Gasteiger partial charge in [0.1, 0.15) is 11.5 Å². The highest BCUT2D eigenvalue weighted by Crippen LogP contribution is 2.32. The molecule has 598 valence electrons. The van der Waals surface area contributed by atoms with E-state index < -0.39 is 55.0 Å². The molecule has 10 aromatic carbocycles. The molecule has 0 spiro atoms. The minimum Gasteiger partial charge on any atom is -0.508 e. The number of non-ortho nitro benzene ring substituents is 1. The third kappa shape index (κ3) is 22.8. The van der Waals surface area contributed by atoms with Gasteiger partial charge in [-0.15, -0.1) is 0 Å². The first kappa shape index (κ1) is 84.6. The number of nitro groups is 1. The van der Waals surface area contributed by atoms with E-state index in [1.807, 2.05) is 100 Å². The minimum absolute atomic E-state index is 0.0204. The van der Waals surface area contributed by atoms with E-state index >= 15 is 0 Å². The number of anilines is 4. The van der Waals surface area contributed by atoms with Gasteiger partial charge in [0.2, 0.25) is 10.0 Å². The molecule has 25 nitrogen and oxygen atoms in total. The van der Waals surface area contributed by atoms with Crippen molar-refractivity contribution in [1.82, 2.24) is 24.7 Å². The van der Waals surface area contributed by atoms with Crippen LogP contribution in [0.3, 0.4) is 0 Å². The Bertz CT molecular complexity index is 6510. The maximum absolute atomic E-state index is 12.9. The molecule has 8 N–H and O–H groups in total. The fourth-order valence-corrected chi connectivity index (χ4v) is 16.9. The van der Waals surface area contributed by atoms with Gasteiger partial charge in [-0.05, 0) is 187 Å². The molecular formula is C86H84N10O15S5. The number of phenolic OH excluding ortho intramolecular Hbond substituents is 2. The number of rotatable bonds is 26. The smallest absolute Gasteiger partial charge is 0.269 e. The highest BCUT2D eigenvalue weighted by Gasteiger charge is 2.22. The number of sulfonamides is 5. The zero-order valence-electron chi connectivity index (χ0n) is 63.7. The molecule has 0 aliphatic rings. The van der Waals surface area contributed by atoms with Gasteiger partial charge in [0.25, 0.3) is 45.8 Å². The van der Waals surface area contributed by atoms with Crippen LogP contribution in [-0.4, -0.2) is 95.1 Å². The third-order valence-corrected chi connectivity index (χ3v) is 24.6. The summed E-state index contributed by atoms with van der Waals surface area (Å²) in [5, 5.41) is 43.5. The molecule has 0 saturated heterocycles. The maximum Gasteiger partial charge on any atom is 0.269 e. The lowest BCUT2D eigenvalue weighted by atomic mass is 10.1. The number of hydrogen-bond acceptors (Lipinski definition) is 19. The Labute approximate surface area is 673 Å². The maximum atomic E-state index is 12.9. The monoisotopic (exact) mass is 1660 g/mol. The van der Waals surface area contributed by atoms with E-state index in [0.29, 0.717) is 107 Å². The predicted molar refractivity (Wildman–Crippen MR) is 454 cm³/mol. The number of aliphatic hydroxyl groups is 1. The van der Waals surface area contributed by atoms with E-state index in [-0.39, 0.29) is 43.4 Å². The topological polar surface area (TPSA) is 386 Å². The molecule has 0 aliphatic heterocycles. The van der Waals surface area contributed by atoms with E-state index in [0.717, 1.165) is 73.4 Å². The Morgan fingerprint density at radius 2 is 0.664 bits per heavy atom. The van der Waals surface area contributed by atoms with Crippen molar-refractivity contribution >= 4 is 122 Å². The number of hydrogen-bond donors (Lipinski definition) is 8. The van der Waals surface area contributed by atoms with Crippen LogP contribution in [-0.2, 0) is 88.8 Å². The fourth-order valence-electron chi connectivity index (χ4n) is 12.1. The van der Waals surface area contributed by atoms with Gasteiger partial charge < -0.3 is 15.3 Å². The van der Waals surface area contributed by atoms with Gasteiger partial charge in [-0.2, -0.15) is 0 Å². The second-order valence-corrected chi connectivity index (χ2v) is 35.9. The molecule has 0 atom stereocenters. The third-order valence-electron chi connectivity index (χ3n) is 18.4. The lowest BCUT2D eigenvalue weighted by Gasteiger charge is -2.12. The Balaban J connectivity index is 0.000000153. The van der Waals surface area contributed by atoms with Gasteiger partial charge in [-0.1, -0.05) is 162 Å². The number of benzene rings is 10. The van der Waals surface area contributed by atoms with Crippen molar-refractivity contribution in [2.24, 2.45) is 0 Å². The molecule has 30 heteroatoms. The number of nitro benzene ring substituents is 1. The van der Waals surface area contributed by atoms with E-state index in [1.165, 1.54) is 18.2 Å². The first-order valence-electron chi connectivity index (χ1n) is 36.5. The fraction of sp³-hybridized carbons (Fsp3) is 0.163. The van der Waals surface area contributed by atoms with Crippen LogP contribution < -0.4 is 23.6 Å². The average molecular weight is 1660 g/mol. The van der Waals surface area contributed by atoms with E-state index in [4.69, 9.17) is 4.98 Å². The van der Waals surface area contributed by atoms with Crippen molar-refractivity contribution in [2.75, 3.05) is 31.7 Å². The largest absolute Gasteiger partial charge is 0.508 e. The van der Waals surface area contributed by atoms with Gasteiger partial charge in [0.15, 0.2) is 0 Å². The molecule has 4 heterocycles. The number of fused-ring (bicyclic) bond motifs is 4. The number of nitrogens with one attached hydrogen (secondary N) is 5. The summed E-state index contributed by atoms with van der Waals surface area (Å²) in [7, 11) is -18.1. The number of phenols is 2. The van der Waals surface area contributed by atoms with E-state index in [1.54, 1.807) is 170 Å². The van der Waals surface area contributed by atoms with Gasteiger partial charge in [-0.25, -0.2) is 51.8 Å². The van der Waals surface area contributed by atoms with Crippen LogP contribution >= 0.6 is 0 Å². The Morgan fingerprint density at radius 1 is 0.345 bits per heavy atom. The number of unbranched alkanes of at least 4 members (excludes halogenated alkanes) is 1. The van der Waals surface area contributed by atoms with Crippen LogP contribution in [0.2, 0.25) is 0 Å². The number of para-hydroxylation sites is 5. The number of nitrogens with zero attached hydrogens (tertiary/aromatic N) is 5. The average Bonchev–Trinajstić information content (AvgIpc) is 0.805. The first-order chi connectivity index (χ1) is 55.3. The zero-order chi connectivity index (χ0) is 83.0. The predicted octanol–water partition coefficient (Wildman–Crippen LogP) is 15.6. The molecular weight excluding hydrogens is 1570 g/mol. The summed E-state index contributed by atoms with van der Waals surface area (Å²) in [5.74, 6) is 0.248. The highest BCUT2D eigenvalue weighted by atomic mass is 32.2. The van der Waals surface area contributed by atoms with Crippen molar-refractivity contribution in [3.05, 3.63) is 327 Å². The van der Waals surface area contributed by atoms with Gasteiger partial charge in [-0.3, -0.25) is 44.0 Å². The lowest BCUT2D eigenvalue weighted by Crippen LogP contribution is -2.22. The molecule has 0 radical (unpaired) electrons. The quantitative estimate of drug-likeness (QED) is 0.0142. The summed E-state index contributed by atoms with van der Waals surface area (Å²) >= 11 is 0. The molecule has 0 unspecified atom stereocenters. The van der Waals surface area contributed by atoms with Gasteiger partial charge in [0, 0.05) is 62.9 Å². The SMILES string of the molecule is Cc1ccc(S(=O)(=O)Nc2cccc3ccc(CCCCNS(C)(=O)=O)nc23)cc1.Cc1ccc(S(=O)(=O)Nc2cccc3ccc(CCc4cc([N+](=O)[O-])ccc4O)nc23)cc1.Cc1ccc(S(=O)(=O)Nc2cccc3ccc(CCc4ccccc4O)nc23)cc1.Cc1ccc(S(=O)(=O)Nc2cccc3ccc(CO)nc23)cc1. The van der Waals surface area contributed by atoms with Crippen molar-refractivity contribution in [1.29, 1.82) is 0 Å². The number of pyridine rings is 4.